The van der Waals surface area contributed by atoms with Gasteiger partial charge in [-0.05, 0) is 40.9 Å². The number of para-hydroxylation sites is 1. The van der Waals surface area contributed by atoms with Crippen LogP contribution in [0.1, 0.15) is 12.8 Å². The maximum Gasteiger partial charge on any atom is 0.255 e. The number of benzene rings is 1. The fraction of sp³-hybridized carbons (Fsp3) is 0.417. The third-order valence-electron chi connectivity index (χ3n) is 2.75. The molecule has 0 aromatic heterocycles. The minimum atomic E-state index is -0.267. The minimum Gasteiger partial charge on any atom is -0.368 e. The number of anilines is 1. The van der Waals surface area contributed by atoms with Gasteiger partial charge in [0, 0.05) is 18.1 Å². The highest BCUT2D eigenvalue weighted by Crippen LogP contribution is 2.26. The number of likely N-dealkylation sites (N-methyl/N-ethyl adjacent to an activating group) is 1. The van der Waals surface area contributed by atoms with E-state index in [2.05, 4.69) is 15.9 Å². The lowest BCUT2D eigenvalue weighted by Gasteiger charge is -2.21. The average Bonchev–Trinajstić information content (AvgIpc) is 2.81. The summed E-state index contributed by atoms with van der Waals surface area (Å²) in [5, 5.41) is 0. The van der Waals surface area contributed by atoms with Crippen LogP contribution in [0.25, 0.3) is 0 Å². The van der Waals surface area contributed by atoms with Gasteiger partial charge in [0.2, 0.25) is 0 Å². The monoisotopic (exact) mass is 283 g/mol. The second-order valence-corrected chi connectivity index (χ2v) is 4.70. The molecule has 1 unspecified atom stereocenters. The summed E-state index contributed by atoms with van der Waals surface area (Å²) in [6.45, 7) is 0.695. The highest BCUT2D eigenvalue weighted by Gasteiger charge is 2.27. The van der Waals surface area contributed by atoms with Gasteiger partial charge in [0.25, 0.3) is 5.91 Å². The summed E-state index contributed by atoms with van der Waals surface area (Å²) in [4.78, 5) is 13.7. The number of ether oxygens (including phenoxy) is 1. The number of rotatable bonds is 2. The van der Waals surface area contributed by atoms with Crippen molar-refractivity contribution >= 4 is 27.5 Å². The number of hydrogen-bond donors (Lipinski definition) is 0. The number of carbonyl (C=O) groups excluding carboxylic acids is 1. The molecule has 16 heavy (non-hydrogen) atoms. The van der Waals surface area contributed by atoms with E-state index in [0.717, 1.165) is 23.0 Å². The predicted octanol–water partition coefficient (Wildman–Crippen LogP) is 2.59. The molecule has 0 N–H and O–H groups in total. The van der Waals surface area contributed by atoms with E-state index in [1.165, 1.54) is 0 Å². The van der Waals surface area contributed by atoms with Gasteiger partial charge in [-0.1, -0.05) is 12.1 Å². The molecule has 86 valence electrons. The first-order valence-corrected chi connectivity index (χ1v) is 6.13. The van der Waals surface area contributed by atoms with Gasteiger partial charge in [0.1, 0.15) is 6.10 Å². The molecule has 1 amide bonds. The lowest BCUT2D eigenvalue weighted by Crippen LogP contribution is -2.36. The summed E-state index contributed by atoms with van der Waals surface area (Å²) in [7, 11) is 1.78. The smallest absolute Gasteiger partial charge is 0.255 e. The Bertz CT molecular complexity index is 388. The lowest BCUT2D eigenvalue weighted by molar-refractivity contribution is -0.127. The Labute approximate surface area is 104 Å². The molecular weight excluding hydrogens is 270 g/mol. The van der Waals surface area contributed by atoms with Crippen molar-refractivity contribution in [3.63, 3.8) is 0 Å². The molecular formula is C12H14BrNO2. The Kier molecular flexibility index (Phi) is 3.61. The van der Waals surface area contributed by atoms with E-state index in [-0.39, 0.29) is 12.0 Å². The SMILES string of the molecule is CN(C(=O)C1CCCO1)c1ccccc1Br. The minimum absolute atomic E-state index is 0.0319. The zero-order valence-corrected chi connectivity index (χ0v) is 10.7. The number of halogens is 1. The van der Waals surface area contributed by atoms with Gasteiger partial charge in [-0.15, -0.1) is 0 Å². The molecule has 0 saturated carbocycles. The van der Waals surface area contributed by atoms with Crippen molar-refractivity contribution in [1.29, 1.82) is 0 Å². The van der Waals surface area contributed by atoms with E-state index in [9.17, 15) is 4.79 Å². The van der Waals surface area contributed by atoms with Crippen LogP contribution in [0, 0.1) is 0 Å². The van der Waals surface area contributed by atoms with E-state index in [4.69, 9.17) is 4.74 Å². The van der Waals surface area contributed by atoms with Crippen molar-refractivity contribution in [1.82, 2.24) is 0 Å². The molecule has 1 aliphatic heterocycles. The number of hydrogen-bond acceptors (Lipinski definition) is 2. The Morgan fingerprint density at radius 3 is 2.88 bits per heavy atom. The molecule has 3 nitrogen and oxygen atoms in total. The quantitative estimate of drug-likeness (QED) is 0.835. The highest BCUT2D eigenvalue weighted by atomic mass is 79.9. The van der Waals surface area contributed by atoms with Gasteiger partial charge in [0.15, 0.2) is 0 Å². The molecule has 0 bridgehead atoms. The second kappa shape index (κ2) is 4.97. The first-order valence-electron chi connectivity index (χ1n) is 5.34. The second-order valence-electron chi connectivity index (χ2n) is 3.85. The fourth-order valence-corrected chi connectivity index (χ4v) is 2.38. The van der Waals surface area contributed by atoms with Gasteiger partial charge in [-0.25, -0.2) is 0 Å². The molecule has 1 atom stereocenters. The van der Waals surface area contributed by atoms with Crippen molar-refractivity contribution in [2.75, 3.05) is 18.6 Å². The molecule has 1 fully saturated rings. The number of nitrogens with zero attached hydrogens (tertiary/aromatic N) is 1. The molecule has 1 heterocycles. The largest absolute Gasteiger partial charge is 0.368 e. The Balaban J connectivity index is 2.15. The van der Waals surface area contributed by atoms with Crippen LogP contribution < -0.4 is 4.90 Å². The molecule has 1 aliphatic rings. The van der Waals surface area contributed by atoms with Crippen LogP contribution in [-0.4, -0.2) is 25.7 Å². The zero-order chi connectivity index (χ0) is 11.5. The normalized spacial score (nSPS) is 19.8. The van der Waals surface area contributed by atoms with Gasteiger partial charge < -0.3 is 9.64 Å². The summed E-state index contributed by atoms with van der Waals surface area (Å²) in [6, 6.07) is 7.68. The van der Waals surface area contributed by atoms with Gasteiger partial charge in [0.05, 0.1) is 5.69 Å². The first kappa shape index (κ1) is 11.6. The third-order valence-corrected chi connectivity index (χ3v) is 3.42. The van der Waals surface area contributed by atoms with E-state index in [1.54, 1.807) is 11.9 Å². The summed E-state index contributed by atoms with van der Waals surface area (Å²) in [5.74, 6) is 0.0319. The molecule has 0 radical (unpaired) electrons. The Morgan fingerprint density at radius 1 is 1.50 bits per heavy atom. The van der Waals surface area contributed by atoms with E-state index >= 15 is 0 Å². The van der Waals surface area contributed by atoms with Gasteiger partial charge >= 0.3 is 0 Å². The van der Waals surface area contributed by atoms with Crippen molar-refractivity contribution in [2.45, 2.75) is 18.9 Å². The summed E-state index contributed by atoms with van der Waals surface area (Å²) in [5.41, 5.74) is 0.878. The van der Waals surface area contributed by atoms with Crippen molar-refractivity contribution in [2.24, 2.45) is 0 Å². The maximum absolute atomic E-state index is 12.1. The highest BCUT2D eigenvalue weighted by molar-refractivity contribution is 9.10. The third kappa shape index (κ3) is 2.28. The van der Waals surface area contributed by atoms with E-state index in [1.807, 2.05) is 24.3 Å². The fourth-order valence-electron chi connectivity index (χ4n) is 1.83. The van der Waals surface area contributed by atoms with Crippen molar-refractivity contribution in [3.05, 3.63) is 28.7 Å². The van der Waals surface area contributed by atoms with E-state index in [0.29, 0.717) is 6.61 Å². The topological polar surface area (TPSA) is 29.5 Å². The first-order chi connectivity index (χ1) is 7.70. The molecule has 0 spiro atoms. The Morgan fingerprint density at radius 2 is 2.25 bits per heavy atom. The maximum atomic E-state index is 12.1. The summed E-state index contributed by atoms with van der Waals surface area (Å²) < 4.78 is 6.31. The number of carbonyl (C=O) groups is 1. The Hall–Kier alpha value is -0.870. The molecule has 1 aromatic carbocycles. The van der Waals surface area contributed by atoms with Crippen LogP contribution >= 0.6 is 15.9 Å². The van der Waals surface area contributed by atoms with Crippen molar-refractivity contribution < 1.29 is 9.53 Å². The molecule has 1 aromatic rings. The van der Waals surface area contributed by atoms with Gasteiger partial charge in [-0.3, -0.25) is 4.79 Å². The summed E-state index contributed by atoms with van der Waals surface area (Å²) >= 11 is 3.44. The summed E-state index contributed by atoms with van der Waals surface area (Å²) in [6.07, 6.45) is 1.53. The standard InChI is InChI=1S/C12H14BrNO2/c1-14(10-6-3-2-5-9(10)13)12(15)11-7-4-8-16-11/h2-3,5-6,11H,4,7-8H2,1H3. The van der Waals surface area contributed by atoms with Crippen LogP contribution in [0.15, 0.2) is 28.7 Å². The average molecular weight is 284 g/mol. The molecule has 1 saturated heterocycles. The molecule has 2 rings (SSSR count). The molecule has 0 aliphatic carbocycles. The van der Waals surface area contributed by atoms with Crippen LogP contribution in [0.2, 0.25) is 0 Å². The van der Waals surface area contributed by atoms with Crippen LogP contribution in [-0.2, 0) is 9.53 Å². The van der Waals surface area contributed by atoms with E-state index < -0.39 is 0 Å². The molecule has 4 heteroatoms. The zero-order valence-electron chi connectivity index (χ0n) is 9.15. The van der Waals surface area contributed by atoms with Crippen LogP contribution in [0.5, 0.6) is 0 Å². The van der Waals surface area contributed by atoms with Crippen LogP contribution in [0.4, 0.5) is 5.69 Å². The van der Waals surface area contributed by atoms with Crippen LogP contribution in [0.3, 0.4) is 0 Å². The van der Waals surface area contributed by atoms with Crippen molar-refractivity contribution in [3.8, 4) is 0 Å². The number of amides is 1. The lowest BCUT2D eigenvalue weighted by atomic mass is 10.2. The predicted molar refractivity (Wildman–Crippen MR) is 66.5 cm³/mol. The van der Waals surface area contributed by atoms with Gasteiger partial charge in [-0.2, -0.15) is 0 Å².